The van der Waals surface area contributed by atoms with Gasteiger partial charge in [0.1, 0.15) is 0 Å². The molecule has 5 heteroatoms. The van der Waals surface area contributed by atoms with Gasteiger partial charge in [-0.25, -0.2) is 8.78 Å². The van der Waals surface area contributed by atoms with E-state index < -0.39 is 22.4 Å². The molecule has 0 saturated carbocycles. The number of nitrogens with one attached hydrogen (secondary N) is 1. The van der Waals surface area contributed by atoms with Crippen LogP contribution in [0.5, 0.6) is 0 Å². The molecule has 1 heterocycles. The van der Waals surface area contributed by atoms with Crippen molar-refractivity contribution in [1.29, 1.82) is 0 Å². The van der Waals surface area contributed by atoms with Gasteiger partial charge in [-0.3, -0.25) is 4.21 Å². The van der Waals surface area contributed by atoms with Gasteiger partial charge in [0.25, 0.3) is 0 Å². The molecule has 0 radical (unpaired) electrons. The Hall–Kier alpha value is -0.810. The van der Waals surface area contributed by atoms with E-state index in [0.717, 1.165) is 18.9 Å². The maximum Gasteiger partial charge on any atom is 0.163 e. The molecule has 94 valence electrons. The van der Waals surface area contributed by atoms with Gasteiger partial charge in [-0.05, 0) is 18.9 Å². The van der Waals surface area contributed by atoms with Crippen LogP contribution in [0.2, 0.25) is 0 Å². The number of hydrogen-bond acceptors (Lipinski definition) is 2. The first-order valence-corrected chi connectivity index (χ1v) is 7.17. The van der Waals surface area contributed by atoms with Crippen molar-refractivity contribution in [3.63, 3.8) is 0 Å². The van der Waals surface area contributed by atoms with Crippen LogP contribution >= 0.6 is 0 Å². The Morgan fingerprint density at radius 3 is 2.71 bits per heavy atom. The molecule has 1 fully saturated rings. The van der Waals surface area contributed by atoms with Crippen LogP contribution in [0.3, 0.4) is 0 Å². The molecule has 2 rings (SSSR count). The highest BCUT2D eigenvalue weighted by atomic mass is 32.2. The molecular formula is C12H15F2NOS. The van der Waals surface area contributed by atoms with Crippen molar-refractivity contribution in [2.45, 2.75) is 25.4 Å². The number of rotatable bonds is 3. The smallest absolute Gasteiger partial charge is 0.163 e. The summed E-state index contributed by atoms with van der Waals surface area (Å²) in [6, 6.07) is 4.45. The molecule has 1 saturated heterocycles. The van der Waals surface area contributed by atoms with Gasteiger partial charge < -0.3 is 5.32 Å². The highest BCUT2D eigenvalue weighted by molar-refractivity contribution is 7.85. The van der Waals surface area contributed by atoms with Crippen LogP contribution in [0, 0.1) is 11.6 Å². The average Bonchev–Trinajstić information content (AvgIpc) is 2.33. The zero-order valence-electron chi connectivity index (χ0n) is 9.42. The van der Waals surface area contributed by atoms with Gasteiger partial charge in [-0.2, -0.15) is 0 Å². The molecule has 1 aliphatic heterocycles. The summed E-state index contributed by atoms with van der Waals surface area (Å²) in [5.74, 6) is -0.194. The Bertz CT molecular complexity index is 415. The van der Waals surface area contributed by atoms with Crippen molar-refractivity contribution in [2.24, 2.45) is 0 Å². The van der Waals surface area contributed by atoms with Crippen molar-refractivity contribution >= 4 is 10.8 Å². The van der Waals surface area contributed by atoms with E-state index >= 15 is 0 Å². The van der Waals surface area contributed by atoms with Gasteiger partial charge in [-0.15, -0.1) is 0 Å². The van der Waals surface area contributed by atoms with Crippen LogP contribution in [0.15, 0.2) is 18.2 Å². The van der Waals surface area contributed by atoms with E-state index in [9.17, 15) is 13.0 Å². The number of hydrogen-bond donors (Lipinski definition) is 1. The quantitative estimate of drug-likeness (QED) is 0.899. The lowest BCUT2D eigenvalue weighted by molar-refractivity contribution is 0.454. The normalized spacial score (nSPS) is 24.8. The SMILES string of the molecule is O=S1CCC(NCc2cccc(F)c2F)CC1. The molecular weight excluding hydrogens is 244 g/mol. The summed E-state index contributed by atoms with van der Waals surface area (Å²) in [6.45, 7) is 0.320. The highest BCUT2D eigenvalue weighted by Gasteiger charge is 2.17. The largest absolute Gasteiger partial charge is 0.310 e. The maximum absolute atomic E-state index is 13.4. The summed E-state index contributed by atoms with van der Waals surface area (Å²) < 4.78 is 37.5. The fourth-order valence-electron chi connectivity index (χ4n) is 1.94. The average molecular weight is 259 g/mol. The Balaban J connectivity index is 1.89. The third-order valence-corrected chi connectivity index (χ3v) is 4.38. The highest BCUT2D eigenvalue weighted by Crippen LogP contribution is 2.13. The van der Waals surface area contributed by atoms with E-state index in [1.54, 1.807) is 6.07 Å². The van der Waals surface area contributed by atoms with Crippen molar-refractivity contribution in [3.8, 4) is 0 Å². The van der Waals surface area contributed by atoms with Gasteiger partial charge in [0, 0.05) is 40.5 Å². The second-order valence-corrected chi connectivity index (χ2v) is 5.91. The zero-order valence-corrected chi connectivity index (χ0v) is 10.2. The lowest BCUT2D eigenvalue weighted by Crippen LogP contribution is -2.35. The van der Waals surface area contributed by atoms with Gasteiger partial charge in [0.05, 0.1) is 0 Å². The van der Waals surface area contributed by atoms with Crippen LogP contribution in [-0.2, 0) is 17.3 Å². The van der Waals surface area contributed by atoms with Crippen LogP contribution < -0.4 is 5.32 Å². The monoisotopic (exact) mass is 259 g/mol. The van der Waals surface area contributed by atoms with E-state index in [4.69, 9.17) is 0 Å². The molecule has 0 aliphatic carbocycles. The second-order valence-electron chi connectivity index (χ2n) is 4.22. The Morgan fingerprint density at radius 2 is 2.00 bits per heavy atom. The van der Waals surface area contributed by atoms with Crippen LogP contribution in [0.1, 0.15) is 18.4 Å². The van der Waals surface area contributed by atoms with E-state index in [1.807, 2.05) is 0 Å². The fraction of sp³-hybridized carbons (Fsp3) is 0.500. The standard InChI is InChI=1S/C12H15F2NOS/c13-11-3-1-2-9(12(11)14)8-15-10-4-6-17(16)7-5-10/h1-3,10,15H,4-8H2. The molecule has 17 heavy (non-hydrogen) atoms. The topological polar surface area (TPSA) is 29.1 Å². The minimum Gasteiger partial charge on any atom is -0.310 e. The molecule has 0 atom stereocenters. The lowest BCUT2D eigenvalue weighted by Gasteiger charge is -2.22. The van der Waals surface area contributed by atoms with E-state index in [0.29, 0.717) is 23.6 Å². The molecule has 1 aliphatic rings. The summed E-state index contributed by atoms with van der Waals surface area (Å²) in [4.78, 5) is 0. The third-order valence-electron chi connectivity index (χ3n) is 3.00. The predicted molar refractivity (Wildman–Crippen MR) is 64.1 cm³/mol. The minimum atomic E-state index is -0.811. The van der Waals surface area contributed by atoms with Crippen LogP contribution in [0.25, 0.3) is 0 Å². The lowest BCUT2D eigenvalue weighted by atomic mass is 10.1. The third kappa shape index (κ3) is 3.33. The molecule has 0 bridgehead atoms. The van der Waals surface area contributed by atoms with Crippen LogP contribution in [0.4, 0.5) is 8.78 Å². The van der Waals surface area contributed by atoms with Gasteiger partial charge in [0.2, 0.25) is 0 Å². The zero-order chi connectivity index (χ0) is 12.3. The number of benzene rings is 1. The minimum absolute atomic E-state index is 0.260. The maximum atomic E-state index is 13.4. The molecule has 2 nitrogen and oxygen atoms in total. The first-order valence-electron chi connectivity index (χ1n) is 5.68. The van der Waals surface area contributed by atoms with E-state index in [2.05, 4.69) is 5.32 Å². The van der Waals surface area contributed by atoms with Crippen molar-refractivity contribution in [3.05, 3.63) is 35.4 Å². The summed E-state index contributed by atoms with van der Waals surface area (Å²) in [6.07, 6.45) is 1.67. The van der Waals surface area contributed by atoms with Gasteiger partial charge in [0.15, 0.2) is 11.6 Å². The van der Waals surface area contributed by atoms with E-state index in [-0.39, 0.29) is 6.04 Å². The van der Waals surface area contributed by atoms with Crippen molar-refractivity contribution in [1.82, 2.24) is 5.32 Å². The fourth-order valence-corrected chi connectivity index (χ4v) is 3.24. The van der Waals surface area contributed by atoms with Gasteiger partial charge >= 0.3 is 0 Å². The molecule has 1 N–H and O–H groups in total. The Kier molecular flexibility index (Phi) is 4.23. The molecule has 0 aromatic heterocycles. The molecule has 0 amide bonds. The predicted octanol–water partition coefficient (Wildman–Crippen LogP) is 1.97. The number of halogens is 2. The molecule has 0 unspecified atom stereocenters. The first-order chi connectivity index (χ1) is 8.16. The summed E-state index contributed by atoms with van der Waals surface area (Å²) in [5.41, 5.74) is 0.344. The summed E-state index contributed by atoms with van der Waals surface area (Å²) in [7, 11) is -0.691. The van der Waals surface area contributed by atoms with Gasteiger partial charge in [-0.1, -0.05) is 12.1 Å². The van der Waals surface area contributed by atoms with E-state index in [1.165, 1.54) is 6.07 Å². The molecule has 1 aromatic carbocycles. The van der Waals surface area contributed by atoms with Crippen molar-refractivity contribution < 1.29 is 13.0 Å². The Morgan fingerprint density at radius 1 is 1.29 bits per heavy atom. The van der Waals surface area contributed by atoms with Crippen molar-refractivity contribution in [2.75, 3.05) is 11.5 Å². The summed E-state index contributed by atoms with van der Waals surface area (Å²) in [5, 5.41) is 3.19. The molecule has 0 spiro atoms. The molecule has 1 aromatic rings. The Labute approximate surface area is 102 Å². The van der Waals surface area contributed by atoms with Crippen LogP contribution in [-0.4, -0.2) is 21.8 Å². The second kappa shape index (κ2) is 5.69. The summed E-state index contributed by atoms with van der Waals surface area (Å²) >= 11 is 0. The first kappa shape index (κ1) is 12.6.